The van der Waals surface area contributed by atoms with Crippen LogP contribution in [-0.2, 0) is 0 Å². The summed E-state index contributed by atoms with van der Waals surface area (Å²) in [5.74, 6) is -0.381. The summed E-state index contributed by atoms with van der Waals surface area (Å²) < 4.78 is 13.1. The summed E-state index contributed by atoms with van der Waals surface area (Å²) in [5.41, 5.74) is 1.52. The first-order valence-corrected chi connectivity index (χ1v) is 4.96. The second kappa shape index (κ2) is 5.44. The minimum Gasteiger partial charge on any atom is -0.378 e. The van der Waals surface area contributed by atoms with Crippen molar-refractivity contribution in [1.29, 1.82) is 0 Å². The maximum atomic E-state index is 13.1. The van der Waals surface area contributed by atoms with Crippen molar-refractivity contribution in [1.82, 2.24) is 0 Å². The number of hydrogen-bond donors (Lipinski definition) is 1. The molecule has 0 amide bonds. The Bertz CT molecular complexity index is 352. The fraction of sp³-hybridized carbons (Fsp3) is 0.111. The minimum atomic E-state index is -0.381. The molecule has 0 atom stereocenters. The highest BCUT2D eigenvalue weighted by Gasteiger charge is 2.02. The second-order valence-corrected chi connectivity index (χ2v) is 3.67. The molecule has 0 radical (unpaired) electrons. The van der Waals surface area contributed by atoms with Crippen molar-refractivity contribution in [2.75, 3.05) is 11.9 Å². The Morgan fingerprint density at radius 1 is 1.50 bits per heavy atom. The van der Waals surface area contributed by atoms with Gasteiger partial charge in [0.15, 0.2) is 0 Å². The predicted octanol–water partition coefficient (Wildman–Crippen LogP) is 4.21. The second-order valence-electron chi connectivity index (χ2n) is 2.53. The fourth-order valence-electron chi connectivity index (χ4n) is 0.851. The van der Waals surface area contributed by atoms with Crippen LogP contribution < -0.4 is 5.32 Å². The smallest absolute Gasteiger partial charge is 0.146 e. The molecule has 0 bridgehead atoms. The van der Waals surface area contributed by atoms with Gasteiger partial charge in [0.1, 0.15) is 5.82 Å². The van der Waals surface area contributed by atoms with Crippen LogP contribution in [-0.4, -0.2) is 6.54 Å². The largest absolute Gasteiger partial charge is 0.378 e. The summed E-state index contributed by atoms with van der Waals surface area (Å²) in [7, 11) is 0. The Labute approximate surface area is 96.5 Å². The normalized spacial score (nSPS) is 11.6. The first-order valence-electron chi connectivity index (χ1n) is 3.77. The van der Waals surface area contributed by atoms with Gasteiger partial charge in [-0.25, -0.2) is 4.39 Å². The van der Waals surface area contributed by atoms with E-state index in [9.17, 15) is 4.39 Å². The van der Waals surface area contributed by atoms with E-state index in [1.165, 1.54) is 23.7 Å². The van der Waals surface area contributed by atoms with Crippen LogP contribution in [0.25, 0.3) is 0 Å². The zero-order valence-electron chi connectivity index (χ0n) is 7.03. The number of rotatable bonds is 3. The quantitative estimate of drug-likeness (QED) is 0.852. The van der Waals surface area contributed by atoms with Crippen LogP contribution in [0.5, 0.6) is 0 Å². The van der Waals surface area contributed by atoms with Gasteiger partial charge in [0.25, 0.3) is 0 Å². The van der Waals surface area contributed by atoms with Crippen molar-refractivity contribution in [2.45, 2.75) is 0 Å². The van der Waals surface area contributed by atoms with E-state index in [4.69, 9.17) is 34.8 Å². The molecule has 1 aromatic rings. The lowest BCUT2D eigenvalue weighted by Gasteiger charge is -2.06. The van der Waals surface area contributed by atoms with Gasteiger partial charge in [-0.2, -0.15) is 0 Å². The summed E-state index contributed by atoms with van der Waals surface area (Å²) >= 11 is 16.6. The van der Waals surface area contributed by atoms with Crippen molar-refractivity contribution < 1.29 is 4.39 Å². The molecule has 1 aromatic carbocycles. The molecular weight excluding hydrogens is 247 g/mol. The van der Waals surface area contributed by atoms with E-state index in [1.807, 2.05) is 0 Å². The Morgan fingerprint density at radius 3 is 2.86 bits per heavy atom. The Morgan fingerprint density at radius 2 is 2.21 bits per heavy atom. The van der Waals surface area contributed by atoms with Gasteiger partial charge in [0.05, 0.1) is 12.2 Å². The number of nitrogens with one attached hydrogen (secondary N) is 1. The van der Waals surface area contributed by atoms with Crippen LogP contribution in [0.3, 0.4) is 0 Å². The number of halogens is 4. The highest BCUT2D eigenvalue weighted by atomic mass is 35.5. The lowest BCUT2D eigenvalue weighted by atomic mass is 10.3. The highest BCUT2D eigenvalue weighted by molar-refractivity contribution is 6.36. The Balaban J connectivity index is 2.71. The van der Waals surface area contributed by atoms with E-state index in [-0.39, 0.29) is 12.4 Å². The maximum absolute atomic E-state index is 13.1. The molecule has 5 heteroatoms. The first kappa shape index (κ1) is 11.6. The summed E-state index contributed by atoms with van der Waals surface area (Å²) in [5, 5.41) is 3.61. The molecule has 0 aliphatic carbocycles. The van der Waals surface area contributed by atoms with Gasteiger partial charge < -0.3 is 5.32 Å². The van der Waals surface area contributed by atoms with E-state index < -0.39 is 0 Å². The molecule has 14 heavy (non-hydrogen) atoms. The zero-order valence-corrected chi connectivity index (χ0v) is 9.30. The lowest BCUT2D eigenvalue weighted by Crippen LogP contribution is -2.02. The molecule has 76 valence electrons. The van der Waals surface area contributed by atoms with Crippen LogP contribution in [0, 0.1) is 5.82 Å². The molecule has 0 saturated heterocycles. The Kier molecular flexibility index (Phi) is 4.52. The molecular formula is C9H7Cl3FN. The van der Waals surface area contributed by atoms with Crippen LogP contribution in [0.2, 0.25) is 5.02 Å². The Hall–Kier alpha value is -0.440. The third-order valence-electron chi connectivity index (χ3n) is 1.49. The van der Waals surface area contributed by atoms with Gasteiger partial charge in [-0.3, -0.25) is 0 Å². The standard InChI is InChI=1S/C9H7Cl3FN/c10-4-7(12)5-14-9-3-6(11)1-2-8(9)13/h1-4,14H,5H2/b7-4-. The molecule has 0 fully saturated rings. The molecule has 0 aliphatic heterocycles. The molecule has 0 spiro atoms. The van der Waals surface area contributed by atoms with E-state index >= 15 is 0 Å². The average molecular weight is 255 g/mol. The SMILES string of the molecule is Fc1ccc(Cl)cc1NC/C(Cl)=C/Cl. The van der Waals surface area contributed by atoms with Gasteiger partial charge in [-0.05, 0) is 18.2 Å². The van der Waals surface area contributed by atoms with Crippen molar-refractivity contribution in [2.24, 2.45) is 0 Å². The molecule has 0 unspecified atom stereocenters. The van der Waals surface area contributed by atoms with Crippen LogP contribution in [0.15, 0.2) is 28.8 Å². The first-order chi connectivity index (χ1) is 6.63. The van der Waals surface area contributed by atoms with Gasteiger partial charge in [-0.15, -0.1) is 0 Å². The van der Waals surface area contributed by atoms with E-state index in [0.717, 1.165) is 0 Å². The topological polar surface area (TPSA) is 12.0 Å². The van der Waals surface area contributed by atoms with E-state index in [0.29, 0.717) is 15.7 Å². The number of hydrogen-bond acceptors (Lipinski definition) is 1. The molecule has 1 rings (SSSR count). The van der Waals surface area contributed by atoms with Gasteiger partial charge >= 0.3 is 0 Å². The third kappa shape index (κ3) is 3.37. The van der Waals surface area contributed by atoms with Crippen molar-refractivity contribution >= 4 is 40.5 Å². The van der Waals surface area contributed by atoms with Gasteiger partial charge in [0, 0.05) is 15.6 Å². The maximum Gasteiger partial charge on any atom is 0.146 e. The summed E-state index contributed by atoms with van der Waals surface area (Å²) in [4.78, 5) is 0. The van der Waals surface area contributed by atoms with Gasteiger partial charge in [0.2, 0.25) is 0 Å². The van der Waals surface area contributed by atoms with Crippen LogP contribution in [0.1, 0.15) is 0 Å². The minimum absolute atomic E-state index is 0.266. The molecule has 0 heterocycles. The monoisotopic (exact) mass is 253 g/mol. The highest BCUT2D eigenvalue weighted by Crippen LogP contribution is 2.20. The molecule has 0 saturated carbocycles. The van der Waals surface area contributed by atoms with Crippen molar-refractivity contribution in [3.05, 3.63) is 39.6 Å². The van der Waals surface area contributed by atoms with Crippen LogP contribution >= 0.6 is 34.8 Å². The molecule has 1 N–H and O–H groups in total. The fourth-order valence-corrected chi connectivity index (χ4v) is 1.17. The third-order valence-corrected chi connectivity index (χ3v) is 2.35. The van der Waals surface area contributed by atoms with Crippen molar-refractivity contribution in [3.8, 4) is 0 Å². The van der Waals surface area contributed by atoms with Crippen molar-refractivity contribution in [3.63, 3.8) is 0 Å². The van der Waals surface area contributed by atoms with E-state index in [1.54, 1.807) is 0 Å². The molecule has 0 aromatic heterocycles. The van der Waals surface area contributed by atoms with Gasteiger partial charge in [-0.1, -0.05) is 34.8 Å². The average Bonchev–Trinajstić information content (AvgIpc) is 2.19. The zero-order chi connectivity index (χ0) is 10.6. The molecule has 1 nitrogen and oxygen atoms in total. The number of anilines is 1. The molecule has 0 aliphatic rings. The van der Waals surface area contributed by atoms with Crippen LogP contribution in [0.4, 0.5) is 10.1 Å². The summed E-state index contributed by atoms with van der Waals surface area (Å²) in [6.07, 6.45) is 0. The van der Waals surface area contributed by atoms with E-state index in [2.05, 4.69) is 5.32 Å². The summed E-state index contributed by atoms with van der Waals surface area (Å²) in [6, 6.07) is 4.24. The summed E-state index contributed by atoms with van der Waals surface area (Å²) in [6.45, 7) is 0.266. The number of benzene rings is 1. The predicted molar refractivity (Wildman–Crippen MR) is 59.7 cm³/mol. The lowest BCUT2D eigenvalue weighted by molar-refractivity contribution is 0.631.